The Labute approximate surface area is 357 Å². The zero-order valence-corrected chi connectivity index (χ0v) is 36.8. The normalized spacial score (nSPS) is 21.9. The highest BCUT2D eigenvalue weighted by molar-refractivity contribution is 6.01. The molecule has 0 unspecified atom stereocenters. The summed E-state index contributed by atoms with van der Waals surface area (Å²) < 4.78 is 62.2. The number of carbonyl (C=O) groups is 2. The monoisotopic (exact) mass is 845 g/mol. The van der Waals surface area contributed by atoms with Gasteiger partial charge in [-0.15, -0.1) is 0 Å². The molecule has 4 aromatic rings. The molecule has 61 heavy (non-hydrogen) atoms. The molecule has 0 saturated carbocycles. The first kappa shape index (κ1) is 44.2. The molecule has 7 rings (SSSR count). The highest BCUT2D eigenvalue weighted by Crippen LogP contribution is 2.45. The number of rotatable bonds is 15. The van der Waals surface area contributed by atoms with E-state index in [2.05, 4.69) is 11.8 Å². The third-order valence-corrected chi connectivity index (χ3v) is 12.3. The maximum Gasteiger partial charge on any atom is 0.411 e. The fourth-order valence-corrected chi connectivity index (χ4v) is 9.52. The average molecular weight is 846 g/mol. The highest BCUT2D eigenvalue weighted by atomic mass is 19.1. The fraction of sp³-hybridized carbons (Fsp3) is 0.574. The Kier molecular flexibility index (Phi) is 13.2. The van der Waals surface area contributed by atoms with Gasteiger partial charge in [0.1, 0.15) is 28.5 Å². The van der Waals surface area contributed by atoms with E-state index in [0.29, 0.717) is 48.6 Å². The van der Waals surface area contributed by atoms with Gasteiger partial charge in [0, 0.05) is 44.0 Å². The Bertz CT molecular complexity index is 2240. The molecule has 3 aliphatic heterocycles. The topological polar surface area (TPSA) is 116 Å². The molecule has 3 atom stereocenters. The lowest BCUT2D eigenvalue weighted by molar-refractivity contribution is -0.140. The summed E-state index contributed by atoms with van der Waals surface area (Å²) >= 11 is 0. The van der Waals surface area contributed by atoms with Gasteiger partial charge in [-0.1, -0.05) is 44.0 Å². The van der Waals surface area contributed by atoms with Crippen molar-refractivity contribution in [2.75, 3.05) is 65.2 Å². The quantitative estimate of drug-likeness (QED) is 0.0648. The first-order valence-electron chi connectivity index (χ1n) is 21.6. The summed E-state index contributed by atoms with van der Waals surface area (Å²) in [7, 11) is 2.93. The van der Waals surface area contributed by atoms with E-state index in [4.69, 9.17) is 33.7 Å². The van der Waals surface area contributed by atoms with Gasteiger partial charge in [0.25, 0.3) is 0 Å². The lowest BCUT2D eigenvalue weighted by Gasteiger charge is -2.47. The number of carbonyl (C=O) groups excluding carboxylic acids is 2. The van der Waals surface area contributed by atoms with E-state index in [1.807, 2.05) is 67.8 Å². The number of likely N-dealkylation sites (tertiary alicyclic amines) is 1. The first-order valence-corrected chi connectivity index (χ1v) is 21.6. The van der Waals surface area contributed by atoms with Crippen molar-refractivity contribution in [2.24, 2.45) is 5.41 Å². The van der Waals surface area contributed by atoms with Crippen LogP contribution in [0.2, 0.25) is 0 Å². The van der Waals surface area contributed by atoms with E-state index in [1.54, 1.807) is 6.07 Å². The molecule has 0 N–H and O–H groups in total. The zero-order chi connectivity index (χ0) is 43.5. The van der Waals surface area contributed by atoms with Gasteiger partial charge >= 0.3 is 18.1 Å². The molecule has 4 heterocycles. The van der Waals surface area contributed by atoms with Gasteiger partial charge in [0.15, 0.2) is 12.6 Å². The summed E-state index contributed by atoms with van der Waals surface area (Å²) in [5.41, 5.74) is -1.46. The van der Waals surface area contributed by atoms with Crippen molar-refractivity contribution < 1.29 is 42.1 Å². The number of anilines is 1. The standard InChI is InChI=1S/C47H61F2N5O7/c1-45(2,3)61-44(56)54-32-18-20-47(54,5)28-53(26-32)42-36-25-37(48)39(35-24-33(60-30-57-6)23-31-15-11-12-16-34(31)35)40(49)41(36)50-43(51-42)59-29-46(4)19-14-22-52(27-46)21-13-9-8-10-17-38(55)58-7/h11-12,15-16,23-25,32H,8-10,13-14,17-22,26-30H2,1-7H3/t32-,46-,47+/m1/s1. The lowest BCUT2D eigenvalue weighted by Crippen LogP contribution is -2.63. The molecule has 1 amide bonds. The van der Waals surface area contributed by atoms with Crippen LogP contribution in [-0.2, 0) is 19.0 Å². The van der Waals surface area contributed by atoms with Crippen LogP contribution in [0.15, 0.2) is 42.5 Å². The zero-order valence-electron chi connectivity index (χ0n) is 36.8. The maximum absolute atomic E-state index is 17.4. The van der Waals surface area contributed by atoms with Crippen molar-refractivity contribution in [3.8, 4) is 22.9 Å². The SMILES string of the molecule is COCOc1cc(-c2c(F)cc3c(N4C[C@H]5CC[C@@](C)(C4)N5C(=O)OC(C)(C)C)nc(OC[C@]4(C)CCCN(CCCCCCC(=O)OC)C4)nc3c2F)c2ccccc2c1. The van der Waals surface area contributed by atoms with Crippen molar-refractivity contribution in [1.82, 2.24) is 19.8 Å². The maximum atomic E-state index is 17.4. The van der Waals surface area contributed by atoms with E-state index in [1.165, 1.54) is 20.3 Å². The number of piperazine rings is 1. The smallest absolute Gasteiger partial charge is 0.411 e. The second-order valence-electron chi connectivity index (χ2n) is 18.7. The van der Waals surface area contributed by atoms with Crippen LogP contribution in [0.1, 0.15) is 92.4 Å². The molecule has 1 aromatic heterocycles. The van der Waals surface area contributed by atoms with Crippen LogP contribution in [0.4, 0.5) is 19.4 Å². The lowest BCUT2D eigenvalue weighted by atomic mass is 9.82. The summed E-state index contributed by atoms with van der Waals surface area (Å²) in [6.07, 6.45) is 7.39. The summed E-state index contributed by atoms with van der Waals surface area (Å²) in [5, 5.41) is 1.61. The number of esters is 1. The number of amides is 1. The van der Waals surface area contributed by atoms with Crippen LogP contribution in [0.3, 0.4) is 0 Å². The van der Waals surface area contributed by atoms with E-state index >= 15 is 8.78 Å². The molecule has 0 spiro atoms. The average Bonchev–Trinajstić information content (AvgIpc) is 3.43. The van der Waals surface area contributed by atoms with Gasteiger partial charge in [-0.2, -0.15) is 9.97 Å². The molecular weight excluding hydrogens is 785 g/mol. The number of nitrogens with zero attached hydrogens (tertiary/aromatic N) is 5. The fourth-order valence-electron chi connectivity index (χ4n) is 9.52. The number of aromatic nitrogens is 2. The minimum atomic E-state index is -0.833. The number of methoxy groups -OCH3 is 2. The van der Waals surface area contributed by atoms with Crippen LogP contribution in [0, 0.1) is 17.0 Å². The Morgan fingerprint density at radius 3 is 2.48 bits per heavy atom. The molecule has 0 radical (unpaired) electrons. The number of fused-ring (bicyclic) bond motifs is 4. The summed E-state index contributed by atoms with van der Waals surface area (Å²) in [4.78, 5) is 41.0. The molecule has 330 valence electrons. The summed E-state index contributed by atoms with van der Waals surface area (Å²) in [6, 6.07) is 12.0. The van der Waals surface area contributed by atoms with E-state index in [-0.39, 0.29) is 52.8 Å². The number of benzene rings is 3. The van der Waals surface area contributed by atoms with Gasteiger partial charge in [0.2, 0.25) is 0 Å². The molecule has 3 saturated heterocycles. The molecule has 12 nitrogen and oxygen atoms in total. The van der Waals surface area contributed by atoms with Gasteiger partial charge in [-0.3, -0.25) is 9.69 Å². The molecular formula is C47H61F2N5O7. The van der Waals surface area contributed by atoms with Crippen molar-refractivity contribution in [3.63, 3.8) is 0 Å². The number of hydrogen-bond acceptors (Lipinski definition) is 11. The largest absolute Gasteiger partial charge is 0.469 e. The molecule has 0 aliphatic carbocycles. The minimum Gasteiger partial charge on any atom is -0.469 e. The Morgan fingerprint density at radius 2 is 1.72 bits per heavy atom. The number of piperidine rings is 1. The van der Waals surface area contributed by atoms with Crippen molar-refractivity contribution in [3.05, 3.63) is 54.1 Å². The Hall–Kier alpha value is -4.82. The van der Waals surface area contributed by atoms with Crippen LogP contribution in [-0.4, -0.2) is 109 Å². The third kappa shape index (κ3) is 9.96. The Morgan fingerprint density at radius 1 is 0.934 bits per heavy atom. The Balaban J connectivity index is 1.22. The van der Waals surface area contributed by atoms with Crippen molar-refractivity contribution >= 4 is 39.6 Å². The predicted molar refractivity (Wildman–Crippen MR) is 231 cm³/mol. The molecule has 14 heteroatoms. The van der Waals surface area contributed by atoms with E-state index in [9.17, 15) is 9.59 Å². The van der Waals surface area contributed by atoms with E-state index < -0.39 is 22.8 Å². The van der Waals surface area contributed by atoms with Crippen molar-refractivity contribution in [2.45, 2.75) is 110 Å². The number of ether oxygens (including phenoxy) is 5. The van der Waals surface area contributed by atoms with Crippen LogP contribution >= 0.6 is 0 Å². The summed E-state index contributed by atoms with van der Waals surface area (Å²) in [6.45, 7) is 13.6. The molecule has 2 bridgehead atoms. The highest BCUT2D eigenvalue weighted by Gasteiger charge is 2.52. The minimum absolute atomic E-state index is 0.0111. The van der Waals surface area contributed by atoms with Crippen LogP contribution in [0.25, 0.3) is 32.8 Å². The summed E-state index contributed by atoms with van der Waals surface area (Å²) in [5.74, 6) is -1.00. The first-order chi connectivity index (χ1) is 29.1. The van der Waals surface area contributed by atoms with Crippen LogP contribution in [0.5, 0.6) is 11.8 Å². The van der Waals surface area contributed by atoms with Crippen molar-refractivity contribution in [1.29, 1.82) is 0 Å². The van der Waals surface area contributed by atoms with Gasteiger partial charge in [0.05, 0.1) is 30.9 Å². The second kappa shape index (κ2) is 18.3. The second-order valence-corrected chi connectivity index (χ2v) is 18.7. The van der Waals surface area contributed by atoms with Crippen LogP contribution < -0.4 is 14.4 Å². The molecule has 3 aromatic carbocycles. The number of halogens is 2. The van der Waals surface area contributed by atoms with Gasteiger partial charge in [-0.05, 0) is 114 Å². The van der Waals surface area contributed by atoms with Gasteiger partial charge in [-0.25, -0.2) is 13.6 Å². The number of hydrogen-bond donors (Lipinski definition) is 0. The van der Waals surface area contributed by atoms with E-state index in [0.717, 1.165) is 76.4 Å². The molecule has 3 aliphatic rings. The predicted octanol–water partition coefficient (Wildman–Crippen LogP) is 9.29. The third-order valence-electron chi connectivity index (χ3n) is 12.3. The van der Waals surface area contributed by atoms with Gasteiger partial charge < -0.3 is 33.5 Å². The number of unbranched alkanes of at least 4 members (excludes halogenated alkanes) is 3. The molecule has 3 fully saturated rings.